The average molecular weight is 212 g/mol. The number of piperidine rings is 1. The van der Waals surface area contributed by atoms with Gasteiger partial charge in [0.2, 0.25) is 0 Å². The number of hydrogen-bond acceptors (Lipinski definition) is 3. The maximum Gasteiger partial charge on any atom is 0.0621 e. The SMILES string of the molecule is CCC(CC)NC1CC2COCC(C1)N2. The Balaban J connectivity index is 1.83. The van der Waals surface area contributed by atoms with Gasteiger partial charge in [-0.2, -0.15) is 0 Å². The number of rotatable bonds is 4. The third kappa shape index (κ3) is 2.92. The van der Waals surface area contributed by atoms with Gasteiger partial charge in [-0.05, 0) is 25.7 Å². The molecule has 0 radical (unpaired) electrons. The van der Waals surface area contributed by atoms with Crippen LogP contribution in [0.4, 0.5) is 0 Å². The zero-order chi connectivity index (χ0) is 10.7. The summed E-state index contributed by atoms with van der Waals surface area (Å²) in [6.45, 7) is 6.34. The lowest BCUT2D eigenvalue weighted by atomic mass is 9.92. The third-order valence-electron chi connectivity index (χ3n) is 3.70. The Morgan fingerprint density at radius 2 is 1.80 bits per heavy atom. The molecule has 2 saturated heterocycles. The predicted molar refractivity (Wildman–Crippen MR) is 62.1 cm³/mol. The average Bonchev–Trinajstić information content (AvgIpc) is 2.25. The molecular formula is C12H24N2O. The van der Waals surface area contributed by atoms with E-state index in [1.807, 2.05) is 0 Å². The van der Waals surface area contributed by atoms with Gasteiger partial charge >= 0.3 is 0 Å². The number of morpholine rings is 1. The van der Waals surface area contributed by atoms with Crippen LogP contribution in [0, 0.1) is 0 Å². The molecule has 3 heteroatoms. The molecule has 3 nitrogen and oxygen atoms in total. The largest absolute Gasteiger partial charge is 0.378 e. The maximum absolute atomic E-state index is 5.55. The molecule has 0 aromatic carbocycles. The first-order valence-corrected chi connectivity index (χ1v) is 6.41. The van der Waals surface area contributed by atoms with Crippen molar-refractivity contribution in [2.24, 2.45) is 0 Å². The molecule has 0 saturated carbocycles. The Hall–Kier alpha value is -0.120. The van der Waals surface area contributed by atoms with Crippen LogP contribution in [0.2, 0.25) is 0 Å². The zero-order valence-corrected chi connectivity index (χ0v) is 9.96. The Labute approximate surface area is 93.0 Å². The Kier molecular flexibility index (Phi) is 4.00. The molecule has 2 aliphatic rings. The van der Waals surface area contributed by atoms with Gasteiger partial charge in [0.05, 0.1) is 13.2 Å². The Morgan fingerprint density at radius 3 is 2.33 bits per heavy atom. The molecule has 15 heavy (non-hydrogen) atoms. The van der Waals surface area contributed by atoms with Crippen molar-refractivity contribution < 1.29 is 4.74 Å². The molecule has 2 unspecified atom stereocenters. The minimum absolute atomic E-state index is 0.587. The summed E-state index contributed by atoms with van der Waals surface area (Å²) in [6.07, 6.45) is 4.94. The summed E-state index contributed by atoms with van der Waals surface area (Å²) in [5.74, 6) is 0. The van der Waals surface area contributed by atoms with Crippen LogP contribution in [0.3, 0.4) is 0 Å². The van der Waals surface area contributed by atoms with Crippen LogP contribution in [0.5, 0.6) is 0 Å². The summed E-state index contributed by atoms with van der Waals surface area (Å²) in [5.41, 5.74) is 0. The maximum atomic E-state index is 5.55. The molecule has 2 fully saturated rings. The minimum atomic E-state index is 0.587. The van der Waals surface area contributed by atoms with Gasteiger partial charge in [-0.25, -0.2) is 0 Å². The van der Waals surface area contributed by atoms with Gasteiger partial charge in [0, 0.05) is 24.2 Å². The summed E-state index contributed by atoms with van der Waals surface area (Å²) in [7, 11) is 0. The standard InChI is InChI=1S/C12H24N2O/c1-3-9(4-2)13-10-5-11-7-15-8-12(6-10)14-11/h9-14H,3-8H2,1-2H3. The lowest BCUT2D eigenvalue weighted by Gasteiger charge is -2.41. The van der Waals surface area contributed by atoms with Gasteiger partial charge in [0.15, 0.2) is 0 Å². The van der Waals surface area contributed by atoms with E-state index in [4.69, 9.17) is 4.74 Å². The van der Waals surface area contributed by atoms with Gasteiger partial charge in [-0.3, -0.25) is 0 Å². The minimum Gasteiger partial charge on any atom is -0.378 e. The summed E-state index contributed by atoms with van der Waals surface area (Å²) in [5, 5.41) is 7.42. The molecule has 2 heterocycles. The summed E-state index contributed by atoms with van der Waals surface area (Å²) >= 11 is 0. The van der Waals surface area contributed by atoms with Gasteiger partial charge in [-0.15, -0.1) is 0 Å². The van der Waals surface area contributed by atoms with Gasteiger partial charge < -0.3 is 15.4 Å². The quantitative estimate of drug-likeness (QED) is 0.736. The van der Waals surface area contributed by atoms with E-state index in [2.05, 4.69) is 24.5 Å². The van der Waals surface area contributed by atoms with E-state index in [9.17, 15) is 0 Å². The molecule has 88 valence electrons. The predicted octanol–water partition coefficient (Wildman–Crippen LogP) is 1.28. The van der Waals surface area contributed by atoms with Crippen molar-refractivity contribution in [3.63, 3.8) is 0 Å². The molecule has 2 rings (SSSR count). The van der Waals surface area contributed by atoms with Crippen molar-refractivity contribution in [3.8, 4) is 0 Å². The lowest BCUT2D eigenvalue weighted by Crippen LogP contribution is -2.59. The van der Waals surface area contributed by atoms with Crippen molar-refractivity contribution in [1.82, 2.24) is 10.6 Å². The summed E-state index contributed by atoms with van der Waals surface area (Å²) in [4.78, 5) is 0. The fraction of sp³-hybridized carbons (Fsp3) is 1.00. The molecular weight excluding hydrogens is 188 g/mol. The first-order chi connectivity index (χ1) is 7.31. The smallest absolute Gasteiger partial charge is 0.0621 e. The van der Waals surface area contributed by atoms with E-state index in [1.54, 1.807) is 0 Å². The van der Waals surface area contributed by atoms with Crippen molar-refractivity contribution in [2.75, 3.05) is 13.2 Å². The van der Waals surface area contributed by atoms with Crippen LogP contribution >= 0.6 is 0 Å². The van der Waals surface area contributed by atoms with E-state index in [1.165, 1.54) is 25.7 Å². The highest BCUT2D eigenvalue weighted by Gasteiger charge is 2.32. The molecule has 2 N–H and O–H groups in total. The Bertz CT molecular complexity index is 182. The first kappa shape index (κ1) is 11.4. The first-order valence-electron chi connectivity index (χ1n) is 6.41. The second-order valence-electron chi connectivity index (χ2n) is 4.95. The fourth-order valence-corrected chi connectivity index (χ4v) is 2.83. The molecule has 2 aliphatic heterocycles. The molecule has 0 spiro atoms. The number of fused-ring (bicyclic) bond motifs is 2. The highest BCUT2D eigenvalue weighted by molar-refractivity contribution is 4.92. The molecule has 0 amide bonds. The van der Waals surface area contributed by atoms with Crippen molar-refractivity contribution in [1.29, 1.82) is 0 Å². The van der Waals surface area contributed by atoms with Gasteiger partial charge in [0.25, 0.3) is 0 Å². The molecule has 0 aromatic heterocycles. The third-order valence-corrected chi connectivity index (χ3v) is 3.70. The number of ether oxygens (including phenoxy) is 1. The second-order valence-corrected chi connectivity index (χ2v) is 4.95. The molecule has 0 aromatic rings. The highest BCUT2D eigenvalue weighted by atomic mass is 16.5. The van der Waals surface area contributed by atoms with E-state index >= 15 is 0 Å². The van der Waals surface area contributed by atoms with Crippen molar-refractivity contribution >= 4 is 0 Å². The van der Waals surface area contributed by atoms with Crippen LogP contribution < -0.4 is 10.6 Å². The van der Waals surface area contributed by atoms with Crippen LogP contribution in [0.15, 0.2) is 0 Å². The normalized spacial score (nSPS) is 35.8. The van der Waals surface area contributed by atoms with E-state index in [0.29, 0.717) is 24.2 Å². The van der Waals surface area contributed by atoms with Crippen LogP contribution in [-0.4, -0.2) is 37.4 Å². The van der Waals surface area contributed by atoms with Crippen LogP contribution in [-0.2, 0) is 4.74 Å². The van der Waals surface area contributed by atoms with Crippen LogP contribution in [0.25, 0.3) is 0 Å². The van der Waals surface area contributed by atoms with Crippen molar-refractivity contribution in [3.05, 3.63) is 0 Å². The molecule has 2 bridgehead atoms. The highest BCUT2D eigenvalue weighted by Crippen LogP contribution is 2.19. The monoisotopic (exact) mass is 212 g/mol. The Morgan fingerprint density at radius 1 is 1.20 bits per heavy atom. The van der Waals surface area contributed by atoms with Gasteiger partial charge in [-0.1, -0.05) is 13.8 Å². The molecule has 0 aliphatic carbocycles. The summed E-state index contributed by atoms with van der Waals surface area (Å²) < 4.78 is 5.55. The van der Waals surface area contributed by atoms with Crippen molar-refractivity contribution in [2.45, 2.75) is 63.7 Å². The zero-order valence-electron chi connectivity index (χ0n) is 9.96. The number of hydrogen-bond donors (Lipinski definition) is 2. The van der Waals surface area contributed by atoms with Crippen LogP contribution in [0.1, 0.15) is 39.5 Å². The second kappa shape index (κ2) is 5.28. The number of nitrogens with one attached hydrogen (secondary N) is 2. The van der Waals surface area contributed by atoms with Gasteiger partial charge in [0.1, 0.15) is 0 Å². The fourth-order valence-electron chi connectivity index (χ4n) is 2.83. The summed E-state index contributed by atoms with van der Waals surface area (Å²) in [6, 6.07) is 2.58. The van der Waals surface area contributed by atoms with E-state index < -0.39 is 0 Å². The topological polar surface area (TPSA) is 33.3 Å². The van der Waals surface area contributed by atoms with E-state index in [0.717, 1.165) is 13.2 Å². The van der Waals surface area contributed by atoms with E-state index in [-0.39, 0.29) is 0 Å². The molecule has 2 atom stereocenters. The lowest BCUT2D eigenvalue weighted by molar-refractivity contribution is 0.0133.